The summed E-state index contributed by atoms with van der Waals surface area (Å²) < 4.78 is 0. The van der Waals surface area contributed by atoms with Gasteiger partial charge in [0.25, 0.3) is 5.91 Å². The normalized spacial score (nSPS) is 14.1. The number of rotatable bonds is 8. The molecule has 0 aliphatic heterocycles. The number of amides is 1. The van der Waals surface area contributed by atoms with Gasteiger partial charge >= 0.3 is 5.97 Å². The lowest BCUT2D eigenvalue weighted by Gasteiger charge is -2.26. The average molecular weight is 339 g/mol. The van der Waals surface area contributed by atoms with Crippen molar-refractivity contribution in [1.82, 2.24) is 5.32 Å². The molecule has 0 saturated heterocycles. The number of carboxylic acids is 1. The molecule has 0 aliphatic rings. The number of aliphatic hydroxyl groups excluding tert-OH is 1. The maximum atomic E-state index is 12.4. The summed E-state index contributed by atoms with van der Waals surface area (Å²) in [5, 5.41) is 20.8. The number of carbonyl (C=O) groups is 2. The monoisotopic (exact) mass is 339 g/mol. The highest BCUT2D eigenvalue weighted by Gasteiger charge is 2.23. The number of hydrogen-bond acceptors (Lipinski definition) is 4. The minimum atomic E-state index is -0.914. The number of aliphatic carboxylic acids is 1. The first-order valence-electron chi connectivity index (χ1n) is 7.57. The summed E-state index contributed by atoms with van der Waals surface area (Å²) in [6.07, 6.45) is 0.154. The Bertz CT molecular complexity index is 557. The third kappa shape index (κ3) is 6.62. The molecule has 2 atom stereocenters. The molecule has 0 radical (unpaired) electrons. The number of thioether (sulfide) groups is 1. The van der Waals surface area contributed by atoms with Crippen molar-refractivity contribution >= 4 is 23.6 Å². The van der Waals surface area contributed by atoms with Crippen LogP contribution < -0.4 is 5.32 Å². The van der Waals surface area contributed by atoms with Gasteiger partial charge in [0.1, 0.15) is 5.25 Å². The van der Waals surface area contributed by atoms with Crippen LogP contribution in [0.5, 0.6) is 0 Å². The lowest BCUT2D eigenvalue weighted by atomic mass is 9.87. The van der Waals surface area contributed by atoms with E-state index in [1.54, 1.807) is 38.1 Å². The highest BCUT2D eigenvalue weighted by atomic mass is 32.2. The Morgan fingerprint density at radius 3 is 2.43 bits per heavy atom. The average Bonchev–Trinajstić information content (AvgIpc) is 2.44. The number of aliphatic hydroxyl groups is 1. The third-order valence-corrected chi connectivity index (χ3v) is 4.52. The SMILES string of the molecule is CC(O)CC(C)(C)CNC(=O)c1ccccc1SC(C)C(=O)O. The molecule has 1 aromatic rings. The summed E-state index contributed by atoms with van der Waals surface area (Å²) in [4.78, 5) is 24.1. The molecule has 1 amide bonds. The Kier molecular flexibility index (Phi) is 7.09. The van der Waals surface area contributed by atoms with E-state index in [4.69, 9.17) is 5.11 Å². The molecule has 23 heavy (non-hydrogen) atoms. The van der Waals surface area contributed by atoms with Crippen molar-refractivity contribution in [2.45, 2.75) is 50.4 Å². The van der Waals surface area contributed by atoms with E-state index in [1.165, 1.54) is 0 Å². The largest absolute Gasteiger partial charge is 0.480 e. The second-order valence-electron chi connectivity index (χ2n) is 6.49. The second kappa shape index (κ2) is 8.36. The molecule has 0 bridgehead atoms. The van der Waals surface area contributed by atoms with Crippen LogP contribution in [0.1, 0.15) is 44.5 Å². The number of nitrogens with one attached hydrogen (secondary N) is 1. The maximum Gasteiger partial charge on any atom is 0.316 e. The zero-order valence-corrected chi connectivity index (χ0v) is 14.8. The van der Waals surface area contributed by atoms with E-state index < -0.39 is 17.3 Å². The third-order valence-electron chi connectivity index (χ3n) is 3.36. The van der Waals surface area contributed by atoms with E-state index in [9.17, 15) is 14.7 Å². The van der Waals surface area contributed by atoms with Crippen LogP contribution in [0.3, 0.4) is 0 Å². The number of carboxylic acid groups (broad SMARTS) is 1. The van der Waals surface area contributed by atoms with Gasteiger partial charge in [0.15, 0.2) is 0 Å². The van der Waals surface area contributed by atoms with Crippen LogP contribution in [0.2, 0.25) is 0 Å². The minimum absolute atomic E-state index is 0.222. The van der Waals surface area contributed by atoms with E-state index in [0.717, 1.165) is 11.8 Å². The molecule has 0 heterocycles. The van der Waals surface area contributed by atoms with E-state index in [2.05, 4.69) is 5.32 Å². The van der Waals surface area contributed by atoms with Crippen LogP contribution in [0.15, 0.2) is 29.2 Å². The quantitative estimate of drug-likeness (QED) is 0.634. The fourth-order valence-corrected chi connectivity index (χ4v) is 3.21. The topological polar surface area (TPSA) is 86.6 Å². The zero-order chi connectivity index (χ0) is 17.6. The predicted octanol–water partition coefficient (Wildman–Crippen LogP) is 2.78. The fourth-order valence-electron chi connectivity index (χ4n) is 2.28. The molecule has 0 aliphatic carbocycles. The molecule has 0 fully saturated rings. The Morgan fingerprint density at radius 2 is 1.87 bits per heavy atom. The van der Waals surface area contributed by atoms with Gasteiger partial charge in [-0.25, -0.2) is 0 Å². The molecule has 0 saturated carbocycles. The molecule has 0 spiro atoms. The summed E-state index contributed by atoms with van der Waals surface area (Å²) in [6.45, 7) is 7.71. The summed E-state index contributed by atoms with van der Waals surface area (Å²) in [6, 6.07) is 6.98. The van der Waals surface area contributed by atoms with Gasteiger partial charge < -0.3 is 15.5 Å². The molecule has 5 nitrogen and oxygen atoms in total. The highest BCUT2D eigenvalue weighted by molar-refractivity contribution is 8.00. The molecule has 1 aromatic carbocycles. The molecule has 2 unspecified atom stereocenters. The van der Waals surface area contributed by atoms with Crippen molar-refractivity contribution < 1.29 is 19.8 Å². The zero-order valence-electron chi connectivity index (χ0n) is 14.0. The van der Waals surface area contributed by atoms with Crippen molar-refractivity contribution in [1.29, 1.82) is 0 Å². The van der Waals surface area contributed by atoms with Gasteiger partial charge in [-0.3, -0.25) is 9.59 Å². The molecule has 128 valence electrons. The maximum absolute atomic E-state index is 12.4. The Morgan fingerprint density at radius 1 is 1.26 bits per heavy atom. The van der Waals surface area contributed by atoms with Gasteiger partial charge in [0, 0.05) is 11.4 Å². The number of benzene rings is 1. The first kappa shape index (κ1) is 19.5. The van der Waals surface area contributed by atoms with Gasteiger partial charge in [0.05, 0.1) is 11.7 Å². The molecule has 3 N–H and O–H groups in total. The van der Waals surface area contributed by atoms with Crippen LogP contribution in [-0.4, -0.2) is 40.0 Å². The summed E-state index contributed by atoms with van der Waals surface area (Å²) in [7, 11) is 0. The van der Waals surface area contributed by atoms with Gasteiger partial charge in [-0.1, -0.05) is 26.0 Å². The van der Waals surface area contributed by atoms with Gasteiger partial charge in [-0.15, -0.1) is 11.8 Å². The van der Waals surface area contributed by atoms with E-state index in [1.807, 2.05) is 13.8 Å². The van der Waals surface area contributed by atoms with Crippen molar-refractivity contribution in [3.05, 3.63) is 29.8 Å². The Labute approximate surface area is 141 Å². The van der Waals surface area contributed by atoms with E-state index >= 15 is 0 Å². The standard InChI is InChI=1S/C17H25NO4S/c1-11(19)9-17(3,4)10-18-15(20)13-7-5-6-8-14(13)23-12(2)16(21)22/h5-8,11-12,19H,9-10H2,1-4H3,(H,18,20)(H,21,22). The lowest BCUT2D eigenvalue weighted by molar-refractivity contribution is -0.136. The number of hydrogen-bond donors (Lipinski definition) is 3. The van der Waals surface area contributed by atoms with Gasteiger partial charge in [-0.2, -0.15) is 0 Å². The molecular formula is C17H25NO4S. The van der Waals surface area contributed by atoms with Crippen LogP contribution >= 0.6 is 11.8 Å². The summed E-state index contributed by atoms with van der Waals surface area (Å²) >= 11 is 1.15. The van der Waals surface area contributed by atoms with Crippen LogP contribution in [-0.2, 0) is 4.79 Å². The lowest BCUT2D eigenvalue weighted by Crippen LogP contribution is -2.36. The smallest absolute Gasteiger partial charge is 0.316 e. The first-order chi connectivity index (χ1) is 10.6. The number of carbonyl (C=O) groups excluding carboxylic acids is 1. The molecular weight excluding hydrogens is 314 g/mol. The van der Waals surface area contributed by atoms with Crippen LogP contribution in [0.25, 0.3) is 0 Å². The fraction of sp³-hybridized carbons (Fsp3) is 0.529. The predicted molar refractivity (Wildman–Crippen MR) is 91.8 cm³/mol. The minimum Gasteiger partial charge on any atom is -0.480 e. The Hall–Kier alpha value is -1.53. The van der Waals surface area contributed by atoms with Gasteiger partial charge in [-0.05, 0) is 37.8 Å². The van der Waals surface area contributed by atoms with E-state index in [-0.39, 0.29) is 11.3 Å². The summed E-state index contributed by atoms with van der Waals surface area (Å²) in [5.74, 6) is -1.15. The van der Waals surface area contributed by atoms with Gasteiger partial charge in [0.2, 0.25) is 0 Å². The van der Waals surface area contributed by atoms with E-state index in [0.29, 0.717) is 23.4 Å². The van der Waals surface area contributed by atoms with Crippen molar-refractivity contribution in [3.63, 3.8) is 0 Å². The molecule has 0 aromatic heterocycles. The summed E-state index contributed by atoms with van der Waals surface area (Å²) in [5.41, 5.74) is 0.249. The molecule has 1 rings (SSSR count). The van der Waals surface area contributed by atoms with Crippen molar-refractivity contribution in [2.75, 3.05) is 6.54 Å². The first-order valence-corrected chi connectivity index (χ1v) is 8.45. The van der Waals surface area contributed by atoms with Crippen LogP contribution in [0.4, 0.5) is 0 Å². The van der Waals surface area contributed by atoms with Crippen molar-refractivity contribution in [2.24, 2.45) is 5.41 Å². The second-order valence-corrected chi connectivity index (χ2v) is 7.88. The Balaban J connectivity index is 2.78. The van der Waals surface area contributed by atoms with Crippen LogP contribution in [0, 0.1) is 5.41 Å². The highest BCUT2D eigenvalue weighted by Crippen LogP contribution is 2.27. The van der Waals surface area contributed by atoms with Crippen molar-refractivity contribution in [3.8, 4) is 0 Å². The molecule has 6 heteroatoms.